The first kappa shape index (κ1) is 14.7. The normalized spacial score (nSPS) is 15.2. The monoisotopic (exact) mass is 309 g/mol. The van der Waals surface area contributed by atoms with E-state index in [1.54, 1.807) is 5.06 Å². The van der Waals surface area contributed by atoms with Crippen LogP contribution in [0.25, 0.3) is 0 Å². The first-order valence-electron chi connectivity index (χ1n) is 6.85. The van der Waals surface area contributed by atoms with Crippen molar-refractivity contribution >= 4 is 0 Å². The van der Waals surface area contributed by atoms with Crippen LogP contribution in [0.2, 0.25) is 0 Å². The molecule has 0 aliphatic carbocycles. The van der Waals surface area contributed by atoms with Crippen molar-refractivity contribution in [1.82, 2.24) is 5.06 Å². The third-order valence-electron chi connectivity index (χ3n) is 3.39. The van der Waals surface area contributed by atoms with Crippen LogP contribution in [0, 0.1) is 0 Å². The maximum absolute atomic E-state index is 12.1. The molecule has 22 heavy (non-hydrogen) atoms. The molecule has 2 aromatic carbocycles. The zero-order valence-corrected chi connectivity index (χ0v) is 11.6. The number of hydrogen-bond acceptors (Lipinski definition) is 3. The molecule has 6 heteroatoms. The van der Waals surface area contributed by atoms with Crippen LogP contribution >= 0.6 is 0 Å². The number of nitrogens with zero attached hydrogens (tertiary/aromatic N) is 1. The van der Waals surface area contributed by atoms with E-state index in [1.165, 1.54) is 35.4 Å². The van der Waals surface area contributed by atoms with Gasteiger partial charge in [-0.05, 0) is 29.8 Å². The van der Waals surface area contributed by atoms with Gasteiger partial charge in [0.25, 0.3) is 0 Å². The van der Waals surface area contributed by atoms with E-state index in [1.807, 2.05) is 18.2 Å². The third-order valence-corrected chi connectivity index (χ3v) is 3.39. The Morgan fingerprint density at radius 3 is 2.18 bits per heavy atom. The Morgan fingerprint density at radius 1 is 0.864 bits per heavy atom. The highest BCUT2D eigenvalue weighted by Crippen LogP contribution is 2.25. The van der Waals surface area contributed by atoms with Gasteiger partial charge in [-0.3, -0.25) is 4.84 Å². The lowest BCUT2D eigenvalue weighted by Gasteiger charge is -2.18. The van der Waals surface area contributed by atoms with Crippen LogP contribution in [0.3, 0.4) is 0 Å². The molecule has 0 saturated heterocycles. The summed E-state index contributed by atoms with van der Waals surface area (Å²) >= 11 is 0. The van der Waals surface area contributed by atoms with Gasteiger partial charge in [-0.1, -0.05) is 24.3 Å². The number of alkyl halides is 3. The second-order valence-corrected chi connectivity index (χ2v) is 4.99. The standard InChI is InChI=1S/C16H14F3NO2/c17-16(18,19)21-14-5-7-15(8-6-14)22-20-10-9-12-3-1-2-4-13(12)11-20/h1-8H,9-11H2/q+1. The Labute approximate surface area is 125 Å². The van der Waals surface area contributed by atoms with Crippen LogP contribution in [0.15, 0.2) is 48.5 Å². The largest absolute Gasteiger partial charge is 0.573 e. The molecule has 0 atom stereocenters. The highest BCUT2D eigenvalue weighted by atomic mass is 19.4. The summed E-state index contributed by atoms with van der Waals surface area (Å²) in [7, 11) is 0. The molecule has 0 unspecified atom stereocenters. The van der Waals surface area contributed by atoms with Gasteiger partial charge >= 0.3 is 6.36 Å². The van der Waals surface area contributed by atoms with Gasteiger partial charge in [-0.2, -0.15) is 0 Å². The molecule has 2 aromatic rings. The summed E-state index contributed by atoms with van der Waals surface area (Å²) in [6, 6.07) is 13.5. The Kier molecular flexibility index (Phi) is 3.94. The molecule has 3 rings (SSSR count). The number of fused-ring (bicyclic) bond motifs is 1. The van der Waals surface area contributed by atoms with Crippen molar-refractivity contribution < 1.29 is 22.7 Å². The van der Waals surface area contributed by atoms with Gasteiger partial charge in [0.05, 0.1) is 0 Å². The maximum atomic E-state index is 12.1. The van der Waals surface area contributed by atoms with Gasteiger partial charge in [0.1, 0.15) is 5.75 Å². The average Bonchev–Trinajstić information content (AvgIpc) is 2.48. The number of ether oxygens (including phenoxy) is 1. The smallest absolute Gasteiger partial charge is 0.406 e. The maximum Gasteiger partial charge on any atom is 0.573 e. The second-order valence-electron chi connectivity index (χ2n) is 4.99. The quantitative estimate of drug-likeness (QED) is 0.806. The number of rotatable bonds is 3. The molecular weight excluding hydrogens is 295 g/mol. The lowest BCUT2D eigenvalue weighted by atomic mass is 10.0. The van der Waals surface area contributed by atoms with E-state index in [2.05, 4.69) is 10.8 Å². The Balaban J connectivity index is 1.62. The van der Waals surface area contributed by atoms with Crippen molar-refractivity contribution in [2.45, 2.75) is 19.3 Å². The van der Waals surface area contributed by atoms with Gasteiger partial charge in [-0.15, -0.1) is 13.2 Å². The van der Waals surface area contributed by atoms with Crippen LogP contribution in [0.1, 0.15) is 11.1 Å². The molecular formula is C16H14F3NO2+. The van der Waals surface area contributed by atoms with Crippen molar-refractivity contribution in [1.29, 1.82) is 0 Å². The second kappa shape index (κ2) is 5.88. The molecule has 0 bridgehead atoms. The van der Waals surface area contributed by atoms with Crippen LogP contribution < -0.4 is 14.6 Å². The Hall–Kier alpha value is -2.21. The van der Waals surface area contributed by atoms with Gasteiger partial charge in [0.15, 0.2) is 18.8 Å². The lowest BCUT2D eigenvalue weighted by Crippen LogP contribution is -2.38. The minimum atomic E-state index is -4.68. The van der Waals surface area contributed by atoms with Crippen molar-refractivity contribution in [3.05, 3.63) is 59.7 Å². The van der Waals surface area contributed by atoms with Crippen LogP contribution in [-0.4, -0.2) is 12.9 Å². The topological polar surface area (TPSA) is 24.4 Å². The fraction of sp³-hybridized carbons (Fsp3) is 0.250. The summed E-state index contributed by atoms with van der Waals surface area (Å²) in [5, 5.41) is 1.79. The summed E-state index contributed by atoms with van der Waals surface area (Å²) in [6.45, 7) is 1.38. The van der Waals surface area contributed by atoms with E-state index in [0.29, 0.717) is 12.3 Å². The van der Waals surface area contributed by atoms with Gasteiger partial charge in [0.2, 0.25) is 0 Å². The highest BCUT2D eigenvalue weighted by molar-refractivity contribution is 5.32. The molecule has 1 heterocycles. The summed E-state index contributed by atoms with van der Waals surface area (Å²) in [5.41, 5.74) is 2.50. The molecule has 0 spiro atoms. The van der Waals surface area contributed by atoms with Crippen molar-refractivity contribution in [2.75, 3.05) is 6.54 Å². The van der Waals surface area contributed by atoms with E-state index in [0.717, 1.165) is 13.0 Å². The molecule has 1 radical (unpaired) electrons. The summed E-state index contributed by atoms with van der Waals surface area (Å²) < 4.78 is 40.1. The molecule has 3 nitrogen and oxygen atoms in total. The summed E-state index contributed by atoms with van der Waals surface area (Å²) in [4.78, 5) is 5.69. The lowest BCUT2D eigenvalue weighted by molar-refractivity contribution is -0.274. The van der Waals surface area contributed by atoms with Crippen molar-refractivity contribution in [2.24, 2.45) is 0 Å². The summed E-state index contributed by atoms with van der Waals surface area (Å²) in [6.07, 6.45) is -3.80. The van der Waals surface area contributed by atoms with Gasteiger partial charge < -0.3 is 4.74 Å². The Bertz CT molecular complexity index is 641. The zero-order chi connectivity index (χ0) is 15.6. The highest BCUT2D eigenvalue weighted by Gasteiger charge is 2.31. The SMILES string of the molecule is FC(F)(F)Oc1ccc(O[N+]2CCc3ccccc3C2)cc1. The van der Waals surface area contributed by atoms with Crippen molar-refractivity contribution in [3.8, 4) is 11.5 Å². The van der Waals surface area contributed by atoms with E-state index < -0.39 is 6.36 Å². The molecule has 0 aromatic heterocycles. The zero-order valence-electron chi connectivity index (χ0n) is 11.6. The summed E-state index contributed by atoms with van der Waals surface area (Å²) in [5.74, 6) is 0.220. The predicted octanol–water partition coefficient (Wildman–Crippen LogP) is 3.78. The van der Waals surface area contributed by atoms with E-state index in [4.69, 9.17) is 4.84 Å². The fourth-order valence-corrected chi connectivity index (χ4v) is 2.40. The third kappa shape index (κ3) is 3.71. The minimum Gasteiger partial charge on any atom is -0.406 e. The van der Waals surface area contributed by atoms with Gasteiger partial charge in [0, 0.05) is 17.0 Å². The van der Waals surface area contributed by atoms with E-state index in [9.17, 15) is 13.2 Å². The molecule has 1 aliphatic heterocycles. The first-order valence-corrected chi connectivity index (χ1v) is 6.85. The van der Waals surface area contributed by atoms with Crippen molar-refractivity contribution in [3.63, 3.8) is 0 Å². The number of hydroxylamine groups is 2. The minimum absolute atomic E-state index is 0.260. The average molecular weight is 309 g/mol. The van der Waals surface area contributed by atoms with Gasteiger partial charge in [-0.25, -0.2) is 0 Å². The van der Waals surface area contributed by atoms with E-state index in [-0.39, 0.29) is 5.75 Å². The van der Waals surface area contributed by atoms with Crippen LogP contribution in [0.4, 0.5) is 13.2 Å². The van der Waals surface area contributed by atoms with Crippen LogP contribution in [0.5, 0.6) is 11.5 Å². The molecule has 115 valence electrons. The number of hydrogen-bond donors (Lipinski definition) is 0. The molecule has 0 saturated carbocycles. The molecule has 0 N–H and O–H groups in total. The Morgan fingerprint density at radius 2 is 1.50 bits per heavy atom. The predicted molar refractivity (Wildman–Crippen MR) is 74.6 cm³/mol. The number of benzene rings is 2. The number of halogens is 3. The van der Waals surface area contributed by atoms with Crippen LogP contribution in [-0.2, 0) is 13.0 Å². The molecule has 0 amide bonds. The fourth-order valence-electron chi connectivity index (χ4n) is 2.40. The van der Waals surface area contributed by atoms with E-state index >= 15 is 0 Å². The molecule has 1 aliphatic rings. The molecule has 0 fully saturated rings. The first-order chi connectivity index (χ1) is 10.5.